The zero-order valence-electron chi connectivity index (χ0n) is 55.5. The SMILES string of the molecule is CC/C=C\C/C=C\C/C=C\C/C=C\CCCCCCCCCCC(=O)OC(COC(=O)CCCCCCCCC/C=C\C/C=C\CCCCCC)COC(=O)CCCCCCCCCCCCCCCCCCCCCCCCCCCC. The van der Waals surface area contributed by atoms with Crippen molar-refractivity contribution in [2.75, 3.05) is 13.2 Å². The molecule has 0 N–H and O–H groups in total. The maximum absolute atomic E-state index is 13.0. The van der Waals surface area contributed by atoms with Gasteiger partial charge in [-0.25, -0.2) is 0 Å². The molecule has 0 aromatic heterocycles. The molecule has 0 rings (SSSR count). The van der Waals surface area contributed by atoms with Crippen LogP contribution in [0.5, 0.6) is 0 Å². The van der Waals surface area contributed by atoms with Gasteiger partial charge in [-0.05, 0) is 89.9 Å². The Hall–Kier alpha value is -3.15. The van der Waals surface area contributed by atoms with Crippen molar-refractivity contribution in [3.63, 3.8) is 0 Å². The lowest BCUT2D eigenvalue weighted by molar-refractivity contribution is -0.167. The zero-order chi connectivity index (χ0) is 59.9. The Balaban J connectivity index is 4.32. The number of hydrogen-bond acceptors (Lipinski definition) is 6. The highest BCUT2D eigenvalue weighted by atomic mass is 16.6. The first-order valence-corrected chi connectivity index (χ1v) is 36.4. The van der Waals surface area contributed by atoms with E-state index >= 15 is 0 Å². The summed E-state index contributed by atoms with van der Waals surface area (Å²) in [7, 11) is 0. The second-order valence-electron chi connectivity index (χ2n) is 24.5. The number of rotatable bonds is 67. The summed E-state index contributed by atoms with van der Waals surface area (Å²) >= 11 is 0. The summed E-state index contributed by atoms with van der Waals surface area (Å²) in [6, 6.07) is 0. The zero-order valence-corrected chi connectivity index (χ0v) is 55.5. The van der Waals surface area contributed by atoms with Gasteiger partial charge in [0.25, 0.3) is 0 Å². The molecular weight excluding hydrogens is 1020 g/mol. The second kappa shape index (κ2) is 71.3. The summed E-state index contributed by atoms with van der Waals surface area (Å²) in [6.07, 6.45) is 93.6. The predicted octanol–water partition coefficient (Wildman–Crippen LogP) is 25.2. The van der Waals surface area contributed by atoms with Crippen LogP contribution in [0, 0.1) is 0 Å². The topological polar surface area (TPSA) is 78.9 Å². The van der Waals surface area contributed by atoms with E-state index in [1.54, 1.807) is 0 Å². The van der Waals surface area contributed by atoms with Crippen LogP contribution in [0.15, 0.2) is 72.9 Å². The first kappa shape index (κ1) is 79.8. The highest BCUT2D eigenvalue weighted by Gasteiger charge is 2.19. The molecule has 0 fully saturated rings. The number of ether oxygens (including phenoxy) is 3. The van der Waals surface area contributed by atoms with Crippen LogP contribution in [0.2, 0.25) is 0 Å². The Kier molecular flexibility index (Phi) is 68.6. The molecule has 0 bridgehead atoms. The van der Waals surface area contributed by atoms with Crippen LogP contribution in [0.25, 0.3) is 0 Å². The largest absolute Gasteiger partial charge is 0.462 e. The monoisotopic (exact) mass is 1160 g/mol. The Morgan fingerprint density at radius 1 is 0.253 bits per heavy atom. The van der Waals surface area contributed by atoms with Gasteiger partial charge in [0, 0.05) is 19.3 Å². The van der Waals surface area contributed by atoms with Gasteiger partial charge in [0.15, 0.2) is 6.10 Å². The minimum absolute atomic E-state index is 0.0777. The highest BCUT2D eigenvalue weighted by Crippen LogP contribution is 2.18. The van der Waals surface area contributed by atoms with Crippen molar-refractivity contribution in [3.05, 3.63) is 72.9 Å². The molecule has 0 spiro atoms. The van der Waals surface area contributed by atoms with Crippen LogP contribution in [-0.4, -0.2) is 37.2 Å². The van der Waals surface area contributed by atoms with Gasteiger partial charge in [0.2, 0.25) is 0 Å². The van der Waals surface area contributed by atoms with Crippen LogP contribution < -0.4 is 0 Å². The van der Waals surface area contributed by atoms with Gasteiger partial charge in [0.05, 0.1) is 0 Å². The van der Waals surface area contributed by atoms with Gasteiger partial charge in [-0.1, -0.05) is 344 Å². The quantitative estimate of drug-likeness (QED) is 0.0261. The molecule has 0 aliphatic rings. The van der Waals surface area contributed by atoms with Crippen LogP contribution in [0.4, 0.5) is 0 Å². The molecule has 0 aromatic rings. The molecule has 482 valence electrons. The molecule has 1 atom stereocenters. The molecule has 6 heteroatoms. The number of carbonyl (C=O) groups excluding carboxylic acids is 3. The normalized spacial score (nSPS) is 12.5. The predicted molar refractivity (Wildman–Crippen MR) is 362 cm³/mol. The minimum atomic E-state index is -0.785. The van der Waals surface area contributed by atoms with E-state index in [0.29, 0.717) is 19.3 Å². The first-order valence-electron chi connectivity index (χ1n) is 36.4. The van der Waals surface area contributed by atoms with Gasteiger partial charge >= 0.3 is 17.9 Å². The lowest BCUT2D eigenvalue weighted by Crippen LogP contribution is -2.30. The van der Waals surface area contributed by atoms with E-state index in [2.05, 4.69) is 93.7 Å². The summed E-state index contributed by atoms with van der Waals surface area (Å²) in [4.78, 5) is 38.5. The average Bonchev–Trinajstić information content (AvgIpc) is 3.50. The molecule has 6 nitrogen and oxygen atoms in total. The van der Waals surface area contributed by atoms with Crippen molar-refractivity contribution in [2.45, 2.75) is 386 Å². The van der Waals surface area contributed by atoms with E-state index < -0.39 is 6.10 Å². The van der Waals surface area contributed by atoms with Crippen molar-refractivity contribution in [1.82, 2.24) is 0 Å². The van der Waals surface area contributed by atoms with Gasteiger partial charge in [-0.2, -0.15) is 0 Å². The fourth-order valence-corrected chi connectivity index (χ4v) is 10.8. The van der Waals surface area contributed by atoms with E-state index in [1.165, 1.54) is 238 Å². The maximum atomic E-state index is 13.0. The Bertz CT molecular complexity index is 1520. The molecule has 83 heavy (non-hydrogen) atoms. The van der Waals surface area contributed by atoms with Gasteiger partial charge in [-0.3, -0.25) is 14.4 Å². The van der Waals surface area contributed by atoms with Gasteiger partial charge in [-0.15, -0.1) is 0 Å². The van der Waals surface area contributed by atoms with E-state index in [4.69, 9.17) is 14.2 Å². The number of unbranched alkanes of at least 4 members (excludes halogenated alkanes) is 44. The number of carbonyl (C=O) groups is 3. The molecule has 0 aliphatic carbocycles. The van der Waals surface area contributed by atoms with Crippen molar-refractivity contribution in [2.24, 2.45) is 0 Å². The number of esters is 3. The third kappa shape index (κ3) is 69.5. The Morgan fingerprint density at radius 2 is 0.470 bits per heavy atom. The Morgan fingerprint density at radius 3 is 0.747 bits per heavy atom. The lowest BCUT2D eigenvalue weighted by Gasteiger charge is -2.18. The molecule has 0 amide bonds. The average molecular weight is 1160 g/mol. The van der Waals surface area contributed by atoms with E-state index in [-0.39, 0.29) is 31.1 Å². The summed E-state index contributed by atoms with van der Waals surface area (Å²) in [5.74, 6) is -0.870. The highest BCUT2D eigenvalue weighted by molar-refractivity contribution is 5.71. The molecule has 0 aliphatic heterocycles. The summed E-state index contributed by atoms with van der Waals surface area (Å²) in [5, 5.41) is 0. The minimum Gasteiger partial charge on any atom is -0.462 e. The molecule has 0 saturated carbocycles. The summed E-state index contributed by atoms with van der Waals surface area (Å²) < 4.78 is 17.0. The molecule has 0 saturated heterocycles. The number of hydrogen-bond donors (Lipinski definition) is 0. The lowest BCUT2D eigenvalue weighted by atomic mass is 10.0. The van der Waals surface area contributed by atoms with Crippen LogP contribution in [-0.2, 0) is 28.6 Å². The van der Waals surface area contributed by atoms with Crippen molar-refractivity contribution in [3.8, 4) is 0 Å². The molecule has 0 aromatic carbocycles. The summed E-state index contributed by atoms with van der Waals surface area (Å²) in [5.41, 5.74) is 0. The van der Waals surface area contributed by atoms with Crippen molar-refractivity contribution >= 4 is 17.9 Å². The van der Waals surface area contributed by atoms with Crippen molar-refractivity contribution in [1.29, 1.82) is 0 Å². The third-order valence-electron chi connectivity index (χ3n) is 16.2. The van der Waals surface area contributed by atoms with Gasteiger partial charge < -0.3 is 14.2 Å². The van der Waals surface area contributed by atoms with E-state index in [0.717, 1.165) is 103 Å². The molecule has 1 unspecified atom stereocenters. The smallest absolute Gasteiger partial charge is 0.306 e. The molecule has 0 heterocycles. The molecule has 0 radical (unpaired) electrons. The summed E-state index contributed by atoms with van der Waals surface area (Å²) in [6.45, 7) is 6.56. The fourth-order valence-electron chi connectivity index (χ4n) is 10.8. The van der Waals surface area contributed by atoms with Crippen molar-refractivity contribution < 1.29 is 28.6 Å². The maximum Gasteiger partial charge on any atom is 0.306 e. The van der Waals surface area contributed by atoms with Gasteiger partial charge in [0.1, 0.15) is 13.2 Å². The first-order chi connectivity index (χ1) is 41.0. The van der Waals surface area contributed by atoms with Crippen LogP contribution >= 0.6 is 0 Å². The number of allylic oxidation sites excluding steroid dienone is 12. The van der Waals surface area contributed by atoms with Crippen LogP contribution in [0.1, 0.15) is 380 Å². The molecular formula is C77H138O6. The fraction of sp³-hybridized carbons (Fsp3) is 0.805. The third-order valence-corrected chi connectivity index (χ3v) is 16.2. The Labute approximate surface area is 516 Å². The van der Waals surface area contributed by atoms with Crippen LogP contribution in [0.3, 0.4) is 0 Å². The van der Waals surface area contributed by atoms with E-state index in [9.17, 15) is 14.4 Å². The van der Waals surface area contributed by atoms with E-state index in [1.807, 2.05) is 0 Å². The standard InChI is InChI=1S/C77H138O6/c1-4-7-10-13-16-19-22-25-28-31-34-36-37-38-39-40-42-43-46-49-52-55-58-61-64-67-70-76(79)82-73-74(72-81-75(78)69-66-63-60-57-54-51-48-45-33-30-27-24-21-18-15-12-9-6-3)83-77(80)71-68-65-62-59-56-53-50-47-44-41-35-32-29-26-23-20-17-14-11-8-5-2/h8,11,17,20-21,24,26,29-30,33,35,41,74H,4-7,9-10,12-16,18-19,22-23,25,27-28,31-32,34,36-40,42-73H2,1-3H3/b11-8-,20-17-,24-21-,29-26-,33-30-,41-35-. The second-order valence-corrected chi connectivity index (χ2v) is 24.5.